The molecule has 0 saturated heterocycles. The lowest BCUT2D eigenvalue weighted by Crippen LogP contribution is -2.45. The van der Waals surface area contributed by atoms with Gasteiger partial charge in [0.25, 0.3) is 0 Å². The van der Waals surface area contributed by atoms with Gasteiger partial charge in [-0.1, -0.05) is 37.6 Å². The minimum Gasteiger partial charge on any atom is -0.467 e. The molecule has 0 radical (unpaired) electrons. The Morgan fingerprint density at radius 3 is 2.30 bits per heavy atom. The second kappa shape index (κ2) is 11.5. The van der Waals surface area contributed by atoms with Gasteiger partial charge in [-0.3, -0.25) is 4.79 Å². The van der Waals surface area contributed by atoms with Gasteiger partial charge < -0.3 is 19.5 Å². The lowest BCUT2D eigenvalue weighted by molar-refractivity contribution is -0.133. The van der Waals surface area contributed by atoms with Crippen LogP contribution < -0.4 is 5.32 Å². The maximum absolute atomic E-state index is 13.3. The van der Waals surface area contributed by atoms with Crippen molar-refractivity contribution in [3.05, 3.63) is 89.1 Å². The molecule has 0 aliphatic rings. The normalized spacial score (nSPS) is 10.8. The number of benzene rings is 2. The fraction of sp³-hybridized carbons (Fsp3) is 0.280. The van der Waals surface area contributed by atoms with Crippen molar-refractivity contribution >= 4 is 29.2 Å². The van der Waals surface area contributed by atoms with Crippen LogP contribution in [0.15, 0.2) is 71.3 Å². The van der Waals surface area contributed by atoms with Crippen molar-refractivity contribution < 1.29 is 18.4 Å². The molecule has 2 aromatic carbocycles. The van der Waals surface area contributed by atoms with E-state index in [-0.39, 0.29) is 43.3 Å². The van der Waals surface area contributed by atoms with E-state index in [9.17, 15) is 14.0 Å². The maximum atomic E-state index is 13.3. The van der Waals surface area contributed by atoms with Crippen LogP contribution >= 0.6 is 11.6 Å². The standard InChI is InChI=1S/C25H27ClFN3O3/c1-18(2)14-30(25(32)28-22-11-7-20(26)8-12-22)17-24(31)29(16-23-4-3-13-33-23)15-19-5-9-21(27)10-6-19/h3-13,18H,14-17H2,1-2H3,(H,28,32). The number of furan rings is 1. The number of hydrogen-bond acceptors (Lipinski definition) is 3. The molecule has 0 atom stereocenters. The third kappa shape index (κ3) is 7.64. The zero-order valence-corrected chi connectivity index (χ0v) is 19.4. The number of nitrogens with one attached hydrogen (secondary N) is 1. The van der Waals surface area contributed by atoms with Crippen molar-refractivity contribution in [3.8, 4) is 0 Å². The van der Waals surface area contributed by atoms with Gasteiger partial charge in [0.15, 0.2) is 0 Å². The van der Waals surface area contributed by atoms with Gasteiger partial charge in [0, 0.05) is 23.8 Å². The van der Waals surface area contributed by atoms with Crippen molar-refractivity contribution in [2.24, 2.45) is 5.92 Å². The molecule has 174 valence electrons. The molecule has 0 spiro atoms. The quantitative estimate of drug-likeness (QED) is 0.429. The number of rotatable bonds is 9. The minimum atomic E-state index is -0.376. The van der Waals surface area contributed by atoms with Crippen LogP contribution in [-0.2, 0) is 17.9 Å². The van der Waals surface area contributed by atoms with E-state index in [4.69, 9.17) is 16.0 Å². The molecule has 1 aromatic heterocycles. The molecule has 3 amide bonds. The van der Waals surface area contributed by atoms with Crippen LogP contribution in [0.4, 0.5) is 14.9 Å². The van der Waals surface area contributed by atoms with E-state index in [0.717, 1.165) is 5.56 Å². The van der Waals surface area contributed by atoms with Crippen molar-refractivity contribution in [2.75, 3.05) is 18.4 Å². The number of anilines is 1. The first-order valence-corrected chi connectivity index (χ1v) is 11.0. The fourth-order valence-electron chi connectivity index (χ4n) is 3.29. The minimum absolute atomic E-state index is 0.112. The fourth-order valence-corrected chi connectivity index (χ4v) is 3.42. The summed E-state index contributed by atoms with van der Waals surface area (Å²) in [5, 5.41) is 3.38. The first-order valence-electron chi connectivity index (χ1n) is 10.7. The van der Waals surface area contributed by atoms with Crippen molar-refractivity contribution in [3.63, 3.8) is 0 Å². The van der Waals surface area contributed by atoms with E-state index in [1.165, 1.54) is 17.0 Å². The molecule has 0 fully saturated rings. The summed E-state index contributed by atoms with van der Waals surface area (Å²) in [6, 6.07) is 15.9. The predicted molar refractivity (Wildman–Crippen MR) is 126 cm³/mol. The smallest absolute Gasteiger partial charge is 0.322 e. The molecule has 8 heteroatoms. The SMILES string of the molecule is CC(C)CN(CC(=O)N(Cc1ccc(F)cc1)Cc1ccco1)C(=O)Nc1ccc(Cl)cc1. The van der Waals surface area contributed by atoms with Gasteiger partial charge in [-0.15, -0.1) is 0 Å². The number of carbonyl (C=O) groups is 2. The third-order valence-electron chi connectivity index (χ3n) is 4.86. The van der Waals surface area contributed by atoms with Crippen LogP contribution in [0.5, 0.6) is 0 Å². The predicted octanol–water partition coefficient (Wildman–Crippen LogP) is 5.79. The van der Waals surface area contributed by atoms with E-state index < -0.39 is 0 Å². The Bertz CT molecular complexity index is 1040. The van der Waals surface area contributed by atoms with Crippen LogP contribution in [0.3, 0.4) is 0 Å². The van der Waals surface area contributed by atoms with Gasteiger partial charge in [0.1, 0.15) is 18.1 Å². The lowest BCUT2D eigenvalue weighted by atomic mass is 10.2. The summed E-state index contributed by atoms with van der Waals surface area (Å²) < 4.78 is 18.7. The second-order valence-electron chi connectivity index (χ2n) is 8.17. The molecule has 6 nitrogen and oxygen atoms in total. The highest BCUT2D eigenvalue weighted by Crippen LogP contribution is 2.16. The monoisotopic (exact) mass is 471 g/mol. The van der Waals surface area contributed by atoms with Gasteiger partial charge in [-0.05, 0) is 60.0 Å². The maximum Gasteiger partial charge on any atom is 0.322 e. The van der Waals surface area contributed by atoms with Crippen molar-refractivity contribution in [2.45, 2.75) is 26.9 Å². The van der Waals surface area contributed by atoms with Crippen LogP contribution in [-0.4, -0.2) is 34.8 Å². The van der Waals surface area contributed by atoms with Crippen molar-refractivity contribution in [1.82, 2.24) is 9.80 Å². The van der Waals surface area contributed by atoms with Crippen LogP contribution in [0.25, 0.3) is 0 Å². The topological polar surface area (TPSA) is 65.8 Å². The van der Waals surface area contributed by atoms with Gasteiger partial charge in [0.2, 0.25) is 5.91 Å². The van der Waals surface area contributed by atoms with E-state index in [2.05, 4.69) is 5.32 Å². The molecule has 1 N–H and O–H groups in total. The van der Waals surface area contributed by atoms with Crippen LogP contribution in [0.1, 0.15) is 25.2 Å². The highest BCUT2D eigenvalue weighted by molar-refractivity contribution is 6.30. The number of urea groups is 1. The number of hydrogen-bond donors (Lipinski definition) is 1. The molecule has 0 unspecified atom stereocenters. The summed E-state index contributed by atoms with van der Waals surface area (Å²) >= 11 is 5.91. The Labute approximate surface area is 197 Å². The summed E-state index contributed by atoms with van der Waals surface area (Å²) in [5.74, 6) is 0.183. The van der Waals surface area contributed by atoms with Gasteiger partial charge in [-0.2, -0.15) is 0 Å². The summed E-state index contributed by atoms with van der Waals surface area (Å²) in [6.45, 7) is 4.74. The average molecular weight is 472 g/mol. The molecule has 33 heavy (non-hydrogen) atoms. The highest BCUT2D eigenvalue weighted by atomic mass is 35.5. The summed E-state index contributed by atoms with van der Waals surface area (Å²) in [7, 11) is 0. The molecular weight excluding hydrogens is 445 g/mol. The summed E-state index contributed by atoms with van der Waals surface area (Å²) in [4.78, 5) is 29.3. The lowest BCUT2D eigenvalue weighted by Gasteiger charge is -2.28. The average Bonchev–Trinajstić information content (AvgIpc) is 3.28. The molecule has 3 aromatic rings. The molecule has 0 bridgehead atoms. The number of amides is 3. The summed E-state index contributed by atoms with van der Waals surface area (Å²) in [6.07, 6.45) is 1.54. The summed E-state index contributed by atoms with van der Waals surface area (Å²) in [5.41, 5.74) is 1.36. The number of halogens is 2. The Hall–Kier alpha value is -3.32. The van der Waals surface area contributed by atoms with Crippen LogP contribution in [0, 0.1) is 11.7 Å². The molecular formula is C25H27ClFN3O3. The van der Waals surface area contributed by atoms with E-state index in [0.29, 0.717) is 23.0 Å². The van der Waals surface area contributed by atoms with E-state index in [1.54, 1.807) is 59.7 Å². The Morgan fingerprint density at radius 1 is 1.00 bits per heavy atom. The van der Waals surface area contributed by atoms with E-state index in [1.807, 2.05) is 13.8 Å². The largest absolute Gasteiger partial charge is 0.467 e. The molecule has 0 aliphatic carbocycles. The van der Waals surface area contributed by atoms with Gasteiger partial charge in [0.05, 0.1) is 12.8 Å². The molecule has 3 rings (SSSR count). The highest BCUT2D eigenvalue weighted by Gasteiger charge is 2.23. The van der Waals surface area contributed by atoms with Gasteiger partial charge in [-0.25, -0.2) is 9.18 Å². The van der Waals surface area contributed by atoms with Crippen LogP contribution in [0.2, 0.25) is 5.02 Å². The molecule has 0 aliphatic heterocycles. The number of carbonyl (C=O) groups excluding carboxylic acids is 2. The Kier molecular flexibility index (Phi) is 8.49. The van der Waals surface area contributed by atoms with Crippen molar-refractivity contribution in [1.29, 1.82) is 0 Å². The van der Waals surface area contributed by atoms with E-state index >= 15 is 0 Å². The second-order valence-corrected chi connectivity index (χ2v) is 8.60. The first-order chi connectivity index (χ1) is 15.8. The first kappa shape index (κ1) is 24.3. The molecule has 1 heterocycles. The zero-order chi connectivity index (χ0) is 23.8. The Balaban J connectivity index is 1.75. The number of nitrogens with zero attached hydrogens (tertiary/aromatic N) is 2. The zero-order valence-electron chi connectivity index (χ0n) is 18.6. The van der Waals surface area contributed by atoms with Gasteiger partial charge >= 0.3 is 6.03 Å². The Morgan fingerprint density at radius 2 is 1.70 bits per heavy atom. The third-order valence-corrected chi connectivity index (χ3v) is 5.11. The molecule has 0 saturated carbocycles.